The van der Waals surface area contributed by atoms with Gasteiger partial charge in [0.15, 0.2) is 0 Å². The average Bonchev–Trinajstić information content (AvgIpc) is 2.94. The summed E-state index contributed by atoms with van der Waals surface area (Å²) in [5.74, 6) is -0.106. The van der Waals surface area contributed by atoms with E-state index in [1.54, 1.807) is 0 Å². The topological polar surface area (TPSA) is 66.4 Å². The highest BCUT2D eigenvalue weighted by Crippen LogP contribution is 2.24. The molecule has 2 amide bonds. The zero-order chi connectivity index (χ0) is 19.0. The molecule has 0 bridgehead atoms. The number of allylic oxidation sites excluding steroid dienone is 1. The Balaban J connectivity index is 1.80. The number of hydrogen-bond acceptors (Lipinski definition) is 4. The van der Waals surface area contributed by atoms with Gasteiger partial charge in [0, 0.05) is 0 Å². The smallest absolute Gasteiger partial charge is 0.286 e. The summed E-state index contributed by atoms with van der Waals surface area (Å²) in [4.78, 5) is 22.5. The molecule has 0 saturated carbocycles. The molecule has 4 nitrogen and oxygen atoms in total. The number of carbonyl (C=O) groups is 2. The van der Waals surface area contributed by atoms with E-state index in [0.29, 0.717) is 0 Å². The molecular weight excluding hydrogens is 346 g/mol. The summed E-state index contributed by atoms with van der Waals surface area (Å²) in [5, 5.41) is 11.7. The van der Waals surface area contributed by atoms with Crippen molar-refractivity contribution in [3.8, 4) is 0 Å². The van der Waals surface area contributed by atoms with E-state index in [1.165, 1.54) is 44.9 Å². The van der Waals surface area contributed by atoms with E-state index in [0.717, 1.165) is 56.7 Å². The van der Waals surface area contributed by atoms with Crippen molar-refractivity contribution in [3.63, 3.8) is 0 Å². The van der Waals surface area contributed by atoms with Crippen LogP contribution in [0.5, 0.6) is 0 Å². The van der Waals surface area contributed by atoms with Gasteiger partial charge in [-0.1, -0.05) is 95.0 Å². The Hall–Kier alpha value is -0.810. The summed E-state index contributed by atoms with van der Waals surface area (Å²) >= 11 is 1.14. The van der Waals surface area contributed by atoms with Gasteiger partial charge in [-0.05, 0) is 25.7 Å². The van der Waals surface area contributed by atoms with Crippen molar-refractivity contribution in [3.05, 3.63) is 12.2 Å². The first-order valence-corrected chi connectivity index (χ1v) is 11.4. The first-order valence-electron chi connectivity index (χ1n) is 10.5. The molecular formula is C21H37NO3S. The van der Waals surface area contributed by atoms with Crippen molar-refractivity contribution in [1.82, 2.24) is 5.32 Å². The summed E-state index contributed by atoms with van der Waals surface area (Å²) in [6, 6.07) is 0. The molecule has 2 atom stereocenters. The van der Waals surface area contributed by atoms with Crippen LogP contribution >= 0.6 is 11.8 Å². The molecule has 1 rings (SSSR count). The van der Waals surface area contributed by atoms with Gasteiger partial charge in [0.25, 0.3) is 5.24 Å². The van der Waals surface area contributed by atoms with Gasteiger partial charge in [0.2, 0.25) is 5.91 Å². The maximum Gasteiger partial charge on any atom is 0.286 e. The second-order valence-electron chi connectivity index (χ2n) is 7.28. The minimum absolute atomic E-state index is 0.106. The van der Waals surface area contributed by atoms with Crippen LogP contribution in [0.1, 0.15) is 96.8 Å². The summed E-state index contributed by atoms with van der Waals surface area (Å²) in [7, 11) is 0. The Morgan fingerprint density at radius 1 is 1.00 bits per heavy atom. The maximum atomic E-state index is 11.4. The fourth-order valence-electron chi connectivity index (χ4n) is 3.18. The number of imide groups is 1. The van der Waals surface area contributed by atoms with Crippen LogP contribution in [-0.4, -0.2) is 27.6 Å². The molecule has 1 aliphatic heterocycles. The van der Waals surface area contributed by atoms with Crippen LogP contribution in [0.3, 0.4) is 0 Å². The fourth-order valence-corrected chi connectivity index (χ4v) is 4.04. The van der Waals surface area contributed by atoms with Crippen LogP contribution in [0.15, 0.2) is 12.2 Å². The van der Waals surface area contributed by atoms with Gasteiger partial charge in [0.05, 0.1) is 11.4 Å². The number of hydrogen-bond donors (Lipinski definition) is 2. The van der Waals surface area contributed by atoms with Crippen molar-refractivity contribution in [1.29, 1.82) is 0 Å². The SMILES string of the molecule is CCCCC(O)C=CCCCCCCCCCCC[C@H]1SC(=O)NC1=O. The molecule has 150 valence electrons. The molecule has 1 saturated heterocycles. The lowest BCUT2D eigenvalue weighted by Crippen LogP contribution is -2.23. The fraction of sp³-hybridized carbons (Fsp3) is 0.810. The number of aliphatic hydroxyl groups is 1. The van der Waals surface area contributed by atoms with Crippen molar-refractivity contribution in [2.24, 2.45) is 0 Å². The lowest BCUT2D eigenvalue weighted by Gasteiger charge is -2.05. The van der Waals surface area contributed by atoms with Crippen molar-refractivity contribution in [2.75, 3.05) is 0 Å². The molecule has 1 aliphatic rings. The third-order valence-corrected chi connectivity index (χ3v) is 5.87. The lowest BCUT2D eigenvalue weighted by molar-refractivity contribution is -0.119. The van der Waals surface area contributed by atoms with E-state index >= 15 is 0 Å². The largest absolute Gasteiger partial charge is 0.389 e. The number of aliphatic hydroxyl groups excluding tert-OH is 1. The molecule has 2 N–H and O–H groups in total. The minimum atomic E-state index is -0.253. The quantitative estimate of drug-likeness (QED) is 0.263. The molecule has 1 fully saturated rings. The van der Waals surface area contributed by atoms with Crippen molar-refractivity contribution in [2.45, 2.75) is 108 Å². The molecule has 0 aromatic heterocycles. The molecule has 1 heterocycles. The van der Waals surface area contributed by atoms with Crippen molar-refractivity contribution >= 4 is 22.9 Å². The molecule has 1 unspecified atom stereocenters. The van der Waals surface area contributed by atoms with Gasteiger partial charge in [0.1, 0.15) is 0 Å². The zero-order valence-electron chi connectivity index (χ0n) is 16.4. The third kappa shape index (κ3) is 11.7. The van der Waals surface area contributed by atoms with Gasteiger partial charge in [-0.3, -0.25) is 14.9 Å². The standard InChI is InChI=1S/C21H37NO3S/c1-2-3-15-18(23)16-13-11-9-7-5-4-6-8-10-12-14-17-19-20(24)22-21(25)26-19/h13,16,18-19,23H,2-12,14-15,17H2,1H3,(H,22,24,25)/t18?,19-/m1/s1. The number of nitrogens with one attached hydrogen (secondary N) is 1. The Morgan fingerprint density at radius 2 is 1.62 bits per heavy atom. The normalized spacial score (nSPS) is 18.6. The van der Waals surface area contributed by atoms with Crippen molar-refractivity contribution < 1.29 is 14.7 Å². The highest BCUT2D eigenvalue weighted by Gasteiger charge is 2.30. The van der Waals surface area contributed by atoms with E-state index in [2.05, 4.69) is 18.3 Å². The Kier molecular flexibility index (Phi) is 13.6. The maximum absolute atomic E-state index is 11.4. The summed E-state index contributed by atoms with van der Waals surface area (Å²) in [6.45, 7) is 2.15. The number of thioether (sulfide) groups is 1. The van der Waals surface area contributed by atoms with E-state index in [-0.39, 0.29) is 22.5 Å². The second kappa shape index (κ2) is 15.3. The van der Waals surface area contributed by atoms with Crippen LogP contribution in [0.25, 0.3) is 0 Å². The van der Waals surface area contributed by atoms with Gasteiger partial charge in [-0.15, -0.1) is 0 Å². The number of unbranched alkanes of at least 4 members (excludes halogenated alkanes) is 10. The number of rotatable bonds is 16. The highest BCUT2D eigenvalue weighted by molar-refractivity contribution is 8.15. The number of carbonyl (C=O) groups excluding carboxylic acids is 2. The molecule has 5 heteroatoms. The first kappa shape index (κ1) is 23.2. The monoisotopic (exact) mass is 383 g/mol. The first-order chi connectivity index (χ1) is 12.6. The molecule has 0 spiro atoms. The Labute approximate surface area is 163 Å². The average molecular weight is 384 g/mol. The van der Waals surface area contributed by atoms with Gasteiger partial charge in [-0.25, -0.2) is 0 Å². The predicted molar refractivity (Wildman–Crippen MR) is 110 cm³/mol. The van der Waals surface area contributed by atoms with E-state index in [1.807, 2.05) is 6.08 Å². The van der Waals surface area contributed by atoms with Crippen LogP contribution in [0, 0.1) is 0 Å². The highest BCUT2D eigenvalue weighted by atomic mass is 32.2. The van der Waals surface area contributed by atoms with Crippen LogP contribution < -0.4 is 5.32 Å². The second-order valence-corrected chi connectivity index (χ2v) is 8.46. The van der Waals surface area contributed by atoms with E-state index < -0.39 is 0 Å². The van der Waals surface area contributed by atoms with Crippen LogP contribution in [0.2, 0.25) is 0 Å². The third-order valence-electron chi connectivity index (χ3n) is 4.82. The molecule has 26 heavy (non-hydrogen) atoms. The Morgan fingerprint density at radius 3 is 2.19 bits per heavy atom. The van der Waals surface area contributed by atoms with Crippen LogP contribution in [-0.2, 0) is 4.79 Å². The Bertz CT molecular complexity index is 425. The summed E-state index contributed by atoms with van der Waals surface area (Å²) in [6.07, 6.45) is 20.0. The predicted octanol–water partition coefficient (Wildman–Crippen LogP) is 5.74. The molecule has 0 aromatic rings. The lowest BCUT2D eigenvalue weighted by atomic mass is 10.0. The van der Waals surface area contributed by atoms with Crippen LogP contribution in [0.4, 0.5) is 4.79 Å². The van der Waals surface area contributed by atoms with Gasteiger partial charge in [-0.2, -0.15) is 0 Å². The minimum Gasteiger partial charge on any atom is -0.389 e. The molecule has 0 radical (unpaired) electrons. The molecule has 0 aliphatic carbocycles. The molecule has 0 aromatic carbocycles. The summed E-state index contributed by atoms with van der Waals surface area (Å²) in [5.41, 5.74) is 0. The zero-order valence-corrected chi connectivity index (χ0v) is 17.2. The summed E-state index contributed by atoms with van der Waals surface area (Å²) < 4.78 is 0. The van der Waals surface area contributed by atoms with E-state index in [9.17, 15) is 14.7 Å². The van der Waals surface area contributed by atoms with Gasteiger partial charge < -0.3 is 5.11 Å². The van der Waals surface area contributed by atoms with Gasteiger partial charge >= 0.3 is 0 Å². The van der Waals surface area contributed by atoms with E-state index in [4.69, 9.17) is 0 Å². The number of amides is 2.